The number of amides is 2. The lowest BCUT2D eigenvalue weighted by Crippen LogP contribution is -2.40. The maximum absolute atomic E-state index is 12.9. The van der Waals surface area contributed by atoms with Crippen LogP contribution in [0.2, 0.25) is 0 Å². The highest BCUT2D eigenvalue weighted by Crippen LogP contribution is 2.34. The van der Waals surface area contributed by atoms with Crippen LogP contribution in [0, 0.1) is 12.8 Å². The van der Waals surface area contributed by atoms with Crippen molar-refractivity contribution in [2.45, 2.75) is 64.2 Å². The first kappa shape index (κ1) is 21.0. The van der Waals surface area contributed by atoms with Gasteiger partial charge >= 0.3 is 0 Å². The first-order valence-electron chi connectivity index (χ1n) is 12.0. The minimum absolute atomic E-state index is 0.0446. The molecule has 168 valence electrons. The number of hydrogen-bond acceptors (Lipinski definition) is 5. The highest BCUT2D eigenvalue weighted by molar-refractivity contribution is 5.95. The zero-order chi connectivity index (χ0) is 22.1. The molecule has 1 saturated carbocycles. The van der Waals surface area contributed by atoms with Crippen LogP contribution >= 0.6 is 0 Å². The number of rotatable bonds is 4. The molecule has 7 heteroatoms. The molecule has 0 aromatic carbocycles. The lowest BCUT2D eigenvalue weighted by atomic mass is 9.88. The first-order valence-corrected chi connectivity index (χ1v) is 12.0. The Morgan fingerprint density at radius 2 is 1.94 bits per heavy atom. The first-order chi connectivity index (χ1) is 15.6. The summed E-state index contributed by atoms with van der Waals surface area (Å²) in [4.78, 5) is 43.5. The second-order valence-corrected chi connectivity index (χ2v) is 9.43. The molecule has 32 heavy (non-hydrogen) atoms. The van der Waals surface area contributed by atoms with Gasteiger partial charge in [-0.2, -0.15) is 0 Å². The normalized spacial score (nSPS) is 21.7. The zero-order valence-corrected chi connectivity index (χ0v) is 18.8. The molecule has 2 aromatic heterocycles. The van der Waals surface area contributed by atoms with Gasteiger partial charge in [-0.15, -0.1) is 0 Å². The molecule has 3 aliphatic rings. The van der Waals surface area contributed by atoms with E-state index in [0.717, 1.165) is 42.3 Å². The molecule has 5 rings (SSSR count). The average molecular weight is 434 g/mol. The van der Waals surface area contributed by atoms with Gasteiger partial charge in [-0.05, 0) is 50.7 Å². The van der Waals surface area contributed by atoms with E-state index in [4.69, 9.17) is 9.97 Å². The molecule has 2 amide bonds. The second-order valence-electron chi connectivity index (χ2n) is 9.43. The van der Waals surface area contributed by atoms with Crippen molar-refractivity contribution in [2.24, 2.45) is 5.92 Å². The molecule has 2 aliphatic heterocycles. The monoisotopic (exact) mass is 433 g/mol. The number of carbonyl (C=O) groups excluding carboxylic acids is 2. The highest BCUT2D eigenvalue weighted by atomic mass is 16.2. The molecule has 2 fully saturated rings. The SMILES string of the molecule is Cc1nc(C2CCN(C(=O)c3ccccn3)C2)nc2c1CCC(=O)N2CC1CCCCC1. The van der Waals surface area contributed by atoms with Crippen LogP contribution < -0.4 is 4.90 Å². The standard InChI is InChI=1S/C25H31N5O2/c1-17-20-10-11-22(31)30(15-18-7-3-2-4-8-18)24(20)28-23(27-17)19-12-14-29(16-19)25(32)21-9-5-6-13-26-21/h5-6,9,13,18-19H,2-4,7-8,10-12,14-16H2,1H3. The number of carbonyl (C=O) groups is 2. The Labute approximate surface area is 189 Å². The minimum atomic E-state index is -0.0446. The number of nitrogens with zero attached hydrogens (tertiary/aromatic N) is 5. The van der Waals surface area contributed by atoms with Gasteiger partial charge in [0.15, 0.2) is 0 Å². The largest absolute Gasteiger partial charge is 0.337 e. The number of fused-ring (bicyclic) bond motifs is 1. The maximum Gasteiger partial charge on any atom is 0.272 e. The number of pyridine rings is 1. The van der Waals surface area contributed by atoms with E-state index in [9.17, 15) is 9.59 Å². The van der Waals surface area contributed by atoms with Crippen LogP contribution in [0.5, 0.6) is 0 Å². The predicted molar refractivity (Wildman–Crippen MR) is 122 cm³/mol. The van der Waals surface area contributed by atoms with Gasteiger partial charge in [0.2, 0.25) is 5.91 Å². The van der Waals surface area contributed by atoms with Crippen molar-refractivity contribution in [1.82, 2.24) is 19.9 Å². The van der Waals surface area contributed by atoms with Crippen LogP contribution in [-0.2, 0) is 11.2 Å². The Hall–Kier alpha value is -2.83. The molecular weight excluding hydrogens is 402 g/mol. The number of anilines is 1. The topological polar surface area (TPSA) is 79.3 Å². The quantitative estimate of drug-likeness (QED) is 0.735. The maximum atomic E-state index is 12.9. The number of aryl methyl sites for hydroxylation is 1. The van der Waals surface area contributed by atoms with E-state index < -0.39 is 0 Å². The third kappa shape index (κ3) is 4.12. The Kier molecular flexibility index (Phi) is 5.89. The molecule has 1 unspecified atom stereocenters. The summed E-state index contributed by atoms with van der Waals surface area (Å²) >= 11 is 0. The van der Waals surface area contributed by atoms with Gasteiger partial charge in [0, 0.05) is 49.4 Å². The highest BCUT2D eigenvalue weighted by Gasteiger charge is 2.34. The summed E-state index contributed by atoms with van der Waals surface area (Å²) in [5.41, 5.74) is 2.56. The van der Waals surface area contributed by atoms with Gasteiger partial charge in [0.1, 0.15) is 17.3 Å². The van der Waals surface area contributed by atoms with Crippen molar-refractivity contribution in [3.05, 3.63) is 47.2 Å². The molecule has 0 N–H and O–H groups in total. The zero-order valence-electron chi connectivity index (χ0n) is 18.8. The van der Waals surface area contributed by atoms with E-state index in [2.05, 4.69) is 4.98 Å². The van der Waals surface area contributed by atoms with Gasteiger partial charge < -0.3 is 4.90 Å². The van der Waals surface area contributed by atoms with Crippen molar-refractivity contribution in [3.63, 3.8) is 0 Å². The van der Waals surface area contributed by atoms with E-state index in [1.54, 1.807) is 12.3 Å². The van der Waals surface area contributed by atoms with Crippen LogP contribution in [0.15, 0.2) is 24.4 Å². The van der Waals surface area contributed by atoms with E-state index in [1.807, 2.05) is 28.9 Å². The Balaban J connectivity index is 1.37. The van der Waals surface area contributed by atoms with Crippen LogP contribution in [0.4, 0.5) is 5.82 Å². The summed E-state index contributed by atoms with van der Waals surface area (Å²) in [6.45, 7) is 4.07. The van der Waals surface area contributed by atoms with Crippen LogP contribution in [0.3, 0.4) is 0 Å². The van der Waals surface area contributed by atoms with E-state index in [1.165, 1.54) is 32.1 Å². The average Bonchev–Trinajstić information content (AvgIpc) is 3.32. The minimum Gasteiger partial charge on any atom is -0.337 e. The van der Waals surface area contributed by atoms with Gasteiger partial charge in [-0.25, -0.2) is 9.97 Å². The molecule has 1 atom stereocenters. The number of likely N-dealkylation sites (tertiary alicyclic amines) is 1. The fourth-order valence-corrected chi connectivity index (χ4v) is 5.41. The molecular formula is C25H31N5O2. The lowest BCUT2D eigenvalue weighted by Gasteiger charge is -2.33. The van der Waals surface area contributed by atoms with Crippen LogP contribution in [0.25, 0.3) is 0 Å². The molecule has 0 bridgehead atoms. The van der Waals surface area contributed by atoms with E-state index in [-0.39, 0.29) is 17.7 Å². The fraction of sp³-hybridized carbons (Fsp3) is 0.560. The van der Waals surface area contributed by atoms with E-state index in [0.29, 0.717) is 31.1 Å². The van der Waals surface area contributed by atoms with Gasteiger partial charge in [-0.1, -0.05) is 25.3 Å². The predicted octanol–water partition coefficient (Wildman–Crippen LogP) is 3.67. The van der Waals surface area contributed by atoms with Gasteiger partial charge in [-0.3, -0.25) is 19.5 Å². The lowest BCUT2D eigenvalue weighted by molar-refractivity contribution is -0.119. The molecule has 0 spiro atoms. The van der Waals surface area contributed by atoms with Crippen LogP contribution in [0.1, 0.15) is 78.4 Å². The molecule has 1 aliphatic carbocycles. The molecule has 1 saturated heterocycles. The smallest absolute Gasteiger partial charge is 0.272 e. The summed E-state index contributed by atoms with van der Waals surface area (Å²) in [6, 6.07) is 5.40. The Morgan fingerprint density at radius 3 is 2.72 bits per heavy atom. The van der Waals surface area contributed by atoms with Gasteiger partial charge in [0.05, 0.1) is 0 Å². The third-order valence-corrected chi connectivity index (χ3v) is 7.25. The summed E-state index contributed by atoms with van der Waals surface area (Å²) < 4.78 is 0. The van der Waals surface area contributed by atoms with Gasteiger partial charge in [0.25, 0.3) is 5.91 Å². The fourth-order valence-electron chi connectivity index (χ4n) is 5.41. The third-order valence-electron chi connectivity index (χ3n) is 7.25. The molecule has 0 radical (unpaired) electrons. The van der Waals surface area contributed by atoms with Crippen molar-refractivity contribution in [1.29, 1.82) is 0 Å². The second kappa shape index (κ2) is 8.96. The molecule has 7 nitrogen and oxygen atoms in total. The summed E-state index contributed by atoms with van der Waals surface area (Å²) in [6.07, 6.45) is 9.96. The van der Waals surface area contributed by atoms with Crippen molar-refractivity contribution in [2.75, 3.05) is 24.5 Å². The Morgan fingerprint density at radius 1 is 1.09 bits per heavy atom. The molecule has 2 aromatic rings. The van der Waals surface area contributed by atoms with Crippen molar-refractivity contribution in [3.8, 4) is 0 Å². The number of hydrogen-bond donors (Lipinski definition) is 0. The summed E-state index contributed by atoms with van der Waals surface area (Å²) in [5, 5.41) is 0. The van der Waals surface area contributed by atoms with Crippen molar-refractivity contribution >= 4 is 17.6 Å². The van der Waals surface area contributed by atoms with E-state index >= 15 is 0 Å². The number of aromatic nitrogens is 3. The Bertz CT molecular complexity index is 1000. The van der Waals surface area contributed by atoms with Crippen molar-refractivity contribution < 1.29 is 9.59 Å². The summed E-state index contributed by atoms with van der Waals surface area (Å²) in [7, 11) is 0. The van der Waals surface area contributed by atoms with Crippen LogP contribution in [-0.4, -0.2) is 51.3 Å². The summed E-state index contributed by atoms with van der Waals surface area (Å²) in [5.74, 6) is 2.38. The molecule has 4 heterocycles.